The summed E-state index contributed by atoms with van der Waals surface area (Å²) in [4.78, 5) is 17.4. The fraction of sp³-hybridized carbons (Fsp3) is 0.158. The summed E-state index contributed by atoms with van der Waals surface area (Å²) in [7, 11) is 0. The Labute approximate surface area is 149 Å². The summed E-state index contributed by atoms with van der Waals surface area (Å²) >= 11 is 1.34. The van der Waals surface area contributed by atoms with Crippen LogP contribution in [0.5, 0.6) is 11.5 Å². The highest BCUT2D eigenvalue weighted by Crippen LogP contribution is 2.35. The van der Waals surface area contributed by atoms with Gasteiger partial charge in [-0.3, -0.25) is 4.79 Å². The molecule has 0 atom stereocenters. The van der Waals surface area contributed by atoms with Gasteiger partial charge in [0.25, 0.3) is 5.91 Å². The quantitative estimate of drug-likeness (QED) is 0.852. The number of amidine groups is 1. The number of para-hydroxylation sites is 1. The number of benzene rings is 2. The van der Waals surface area contributed by atoms with Gasteiger partial charge in [0.15, 0.2) is 16.7 Å². The second-order valence-electron chi connectivity index (χ2n) is 5.58. The molecule has 0 spiro atoms. The first-order valence-corrected chi connectivity index (χ1v) is 8.82. The third-order valence-corrected chi connectivity index (χ3v) is 4.85. The lowest BCUT2D eigenvalue weighted by Crippen LogP contribution is -2.19. The number of thioether (sulfide) groups is 1. The number of amides is 1. The molecule has 0 bridgehead atoms. The second-order valence-corrected chi connectivity index (χ2v) is 6.61. The van der Waals surface area contributed by atoms with Crippen molar-refractivity contribution < 1.29 is 14.3 Å². The van der Waals surface area contributed by atoms with Gasteiger partial charge in [0, 0.05) is 0 Å². The molecule has 2 aromatic carbocycles. The zero-order chi connectivity index (χ0) is 17.2. The van der Waals surface area contributed by atoms with Crippen molar-refractivity contribution in [2.45, 2.75) is 13.3 Å². The van der Waals surface area contributed by atoms with E-state index in [1.165, 1.54) is 11.8 Å². The van der Waals surface area contributed by atoms with E-state index in [1.807, 2.05) is 48.5 Å². The van der Waals surface area contributed by atoms with Crippen molar-refractivity contribution in [3.05, 3.63) is 58.5 Å². The number of hydrogen-bond acceptors (Lipinski definition) is 5. The lowest BCUT2D eigenvalue weighted by Gasteiger charge is -2.02. The minimum absolute atomic E-state index is 0.143. The summed E-state index contributed by atoms with van der Waals surface area (Å²) in [6.45, 7) is 2.32. The van der Waals surface area contributed by atoms with Crippen molar-refractivity contribution in [2.75, 3.05) is 6.79 Å². The molecule has 1 fully saturated rings. The van der Waals surface area contributed by atoms with Crippen molar-refractivity contribution in [2.24, 2.45) is 4.99 Å². The van der Waals surface area contributed by atoms with Crippen molar-refractivity contribution in [3.8, 4) is 11.5 Å². The van der Waals surface area contributed by atoms with Crippen LogP contribution >= 0.6 is 11.8 Å². The molecule has 2 aliphatic rings. The first kappa shape index (κ1) is 15.8. The number of rotatable bonds is 3. The van der Waals surface area contributed by atoms with E-state index in [9.17, 15) is 4.79 Å². The number of aliphatic imine (C=N–C) groups is 1. The molecule has 2 aliphatic heterocycles. The maximum Gasteiger partial charge on any atom is 0.264 e. The Hall–Kier alpha value is -2.73. The molecule has 1 saturated heterocycles. The summed E-state index contributed by atoms with van der Waals surface area (Å²) < 4.78 is 10.7. The van der Waals surface area contributed by atoms with Gasteiger partial charge in [-0.05, 0) is 53.6 Å². The van der Waals surface area contributed by atoms with E-state index in [-0.39, 0.29) is 12.7 Å². The van der Waals surface area contributed by atoms with Gasteiger partial charge in [-0.25, -0.2) is 4.99 Å². The van der Waals surface area contributed by atoms with Crippen LogP contribution in [0.25, 0.3) is 6.08 Å². The monoisotopic (exact) mass is 352 g/mol. The van der Waals surface area contributed by atoms with Crippen LogP contribution < -0.4 is 14.8 Å². The fourth-order valence-corrected chi connectivity index (χ4v) is 3.50. The molecule has 0 unspecified atom stereocenters. The lowest BCUT2D eigenvalue weighted by molar-refractivity contribution is -0.115. The molecule has 25 heavy (non-hydrogen) atoms. The summed E-state index contributed by atoms with van der Waals surface area (Å²) in [5.41, 5.74) is 2.92. The lowest BCUT2D eigenvalue weighted by atomic mass is 10.1. The molecular weight excluding hydrogens is 336 g/mol. The van der Waals surface area contributed by atoms with E-state index in [0.29, 0.717) is 15.8 Å². The summed E-state index contributed by atoms with van der Waals surface area (Å²) in [6.07, 6.45) is 2.72. The predicted molar refractivity (Wildman–Crippen MR) is 99.2 cm³/mol. The molecular formula is C19H16N2O3S. The van der Waals surface area contributed by atoms with Gasteiger partial charge < -0.3 is 14.8 Å². The maximum absolute atomic E-state index is 12.2. The second kappa shape index (κ2) is 6.64. The number of carbonyl (C=O) groups excluding carboxylic acids is 1. The van der Waals surface area contributed by atoms with E-state index in [2.05, 4.69) is 17.2 Å². The highest BCUT2D eigenvalue weighted by atomic mass is 32.2. The average molecular weight is 352 g/mol. The Morgan fingerprint density at radius 1 is 1.20 bits per heavy atom. The number of nitrogens with one attached hydrogen (secondary N) is 1. The third-order valence-electron chi connectivity index (χ3n) is 3.94. The van der Waals surface area contributed by atoms with Gasteiger partial charge in [-0.2, -0.15) is 0 Å². The standard InChI is InChI=1S/C19H16N2O3S/c1-2-13-5-3-4-6-14(13)20-19-21-18(22)17(25-19)10-12-7-8-15-16(9-12)24-11-23-15/h3-10H,2,11H2,1H3,(H,20,21,22). The van der Waals surface area contributed by atoms with Crippen LogP contribution in [0, 0.1) is 0 Å². The maximum atomic E-state index is 12.2. The first-order chi connectivity index (χ1) is 12.2. The minimum atomic E-state index is -0.143. The minimum Gasteiger partial charge on any atom is -0.454 e. The van der Waals surface area contributed by atoms with Crippen LogP contribution in [0.15, 0.2) is 52.4 Å². The van der Waals surface area contributed by atoms with Crippen molar-refractivity contribution in [1.29, 1.82) is 0 Å². The predicted octanol–water partition coefficient (Wildman–Crippen LogP) is 3.87. The number of hydrogen-bond donors (Lipinski definition) is 1. The zero-order valence-electron chi connectivity index (χ0n) is 13.6. The molecule has 6 heteroatoms. The Balaban J connectivity index is 1.59. The number of aryl methyl sites for hydroxylation is 1. The molecule has 1 amide bonds. The van der Waals surface area contributed by atoms with Crippen molar-refractivity contribution in [3.63, 3.8) is 0 Å². The first-order valence-electron chi connectivity index (χ1n) is 8.00. The molecule has 5 nitrogen and oxygen atoms in total. The van der Waals surface area contributed by atoms with Crippen LogP contribution in [0.4, 0.5) is 5.69 Å². The van der Waals surface area contributed by atoms with Gasteiger partial charge in [0.1, 0.15) is 0 Å². The van der Waals surface area contributed by atoms with Crippen LogP contribution in [0.2, 0.25) is 0 Å². The topological polar surface area (TPSA) is 59.9 Å². The van der Waals surface area contributed by atoms with E-state index in [4.69, 9.17) is 9.47 Å². The molecule has 4 rings (SSSR count). The van der Waals surface area contributed by atoms with E-state index >= 15 is 0 Å². The normalized spacial score (nSPS) is 18.8. The average Bonchev–Trinajstić information content (AvgIpc) is 3.22. The Morgan fingerprint density at radius 2 is 2.04 bits per heavy atom. The number of carbonyl (C=O) groups is 1. The van der Waals surface area contributed by atoms with Crippen molar-refractivity contribution in [1.82, 2.24) is 5.32 Å². The zero-order valence-corrected chi connectivity index (χ0v) is 14.4. The summed E-state index contributed by atoms with van der Waals surface area (Å²) in [6, 6.07) is 13.6. The molecule has 1 N–H and O–H groups in total. The SMILES string of the molecule is CCc1ccccc1N=C1NC(=O)C(=Cc2ccc3c(c2)OCO3)S1. The number of nitrogens with zero attached hydrogens (tertiary/aromatic N) is 1. The summed E-state index contributed by atoms with van der Waals surface area (Å²) in [5, 5.41) is 3.42. The highest BCUT2D eigenvalue weighted by molar-refractivity contribution is 8.18. The molecule has 0 saturated carbocycles. The number of ether oxygens (including phenoxy) is 2. The Bertz CT molecular complexity index is 905. The molecule has 2 aromatic rings. The van der Waals surface area contributed by atoms with Gasteiger partial charge in [0.2, 0.25) is 6.79 Å². The Kier molecular flexibility index (Phi) is 4.19. The Morgan fingerprint density at radius 3 is 2.92 bits per heavy atom. The van der Waals surface area contributed by atoms with Crippen molar-refractivity contribution >= 4 is 34.6 Å². The molecule has 0 aromatic heterocycles. The molecule has 2 heterocycles. The van der Waals surface area contributed by atoms with Gasteiger partial charge >= 0.3 is 0 Å². The molecule has 126 valence electrons. The summed E-state index contributed by atoms with van der Waals surface area (Å²) in [5.74, 6) is 1.28. The highest BCUT2D eigenvalue weighted by Gasteiger charge is 2.24. The van der Waals surface area contributed by atoms with E-state index < -0.39 is 0 Å². The van der Waals surface area contributed by atoms with Gasteiger partial charge in [-0.1, -0.05) is 31.2 Å². The van der Waals surface area contributed by atoms with E-state index in [1.54, 1.807) is 0 Å². The smallest absolute Gasteiger partial charge is 0.264 e. The number of fused-ring (bicyclic) bond motifs is 1. The van der Waals surface area contributed by atoms with Crippen LogP contribution in [0.1, 0.15) is 18.1 Å². The van der Waals surface area contributed by atoms with Gasteiger partial charge in [0.05, 0.1) is 10.6 Å². The molecule has 0 aliphatic carbocycles. The van der Waals surface area contributed by atoms with Crippen LogP contribution in [-0.2, 0) is 11.2 Å². The van der Waals surface area contributed by atoms with E-state index in [0.717, 1.165) is 29.0 Å². The third kappa shape index (κ3) is 3.25. The van der Waals surface area contributed by atoms with Gasteiger partial charge in [-0.15, -0.1) is 0 Å². The molecule has 0 radical (unpaired) electrons. The van der Waals surface area contributed by atoms with Crippen LogP contribution in [0.3, 0.4) is 0 Å². The largest absolute Gasteiger partial charge is 0.454 e. The fourth-order valence-electron chi connectivity index (χ4n) is 2.66. The van der Waals surface area contributed by atoms with Crippen LogP contribution in [-0.4, -0.2) is 17.9 Å².